The van der Waals surface area contributed by atoms with Gasteiger partial charge in [-0.3, -0.25) is 0 Å². The van der Waals surface area contributed by atoms with E-state index in [-0.39, 0.29) is 19.8 Å². The van der Waals surface area contributed by atoms with Gasteiger partial charge in [0.15, 0.2) is 6.04 Å². The molecule has 0 fully saturated rings. The van der Waals surface area contributed by atoms with E-state index >= 15 is 0 Å². The van der Waals surface area contributed by atoms with Crippen molar-refractivity contribution in [3.63, 3.8) is 0 Å². The Labute approximate surface area is 157 Å². The third-order valence-corrected chi connectivity index (χ3v) is 3.64. The molecule has 0 saturated carbocycles. The number of carbonyl (C=O) groups is 2. The van der Waals surface area contributed by atoms with Crippen molar-refractivity contribution in [1.82, 2.24) is 10.3 Å². The maximum Gasteiger partial charge on any atom is 0.407 e. The standard InChI is InChI=1S/C19H23N3O5/c1-20-17-9-5-8-15(21-17)10-11-27-19(25)22-16(18(23)24)13-26-12-14-6-3-2-4-7-14/h2-9,16H,10-13H2,1H3,(H,20,21)(H,22,25)(H,23,24). The molecular weight excluding hydrogens is 350 g/mol. The molecule has 0 bridgehead atoms. The highest BCUT2D eigenvalue weighted by atomic mass is 16.5. The Kier molecular flexibility index (Phi) is 8.05. The van der Waals surface area contributed by atoms with Crippen LogP contribution < -0.4 is 10.6 Å². The molecule has 1 aromatic carbocycles. The normalized spacial score (nSPS) is 11.4. The Morgan fingerprint density at radius 1 is 1.15 bits per heavy atom. The van der Waals surface area contributed by atoms with Gasteiger partial charge in [-0.2, -0.15) is 0 Å². The van der Waals surface area contributed by atoms with E-state index in [1.54, 1.807) is 7.05 Å². The van der Waals surface area contributed by atoms with Crippen molar-refractivity contribution in [1.29, 1.82) is 0 Å². The number of carboxylic acids is 1. The molecule has 3 N–H and O–H groups in total. The molecule has 1 unspecified atom stereocenters. The number of hydrogen-bond donors (Lipinski definition) is 3. The minimum absolute atomic E-state index is 0.0865. The number of benzene rings is 1. The van der Waals surface area contributed by atoms with Crippen LogP contribution in [0, 0.1) is 0 Å². The van der Waals surface area contributed by atoms with Crippen molar-refractivity contribution in [2.45, 2.75) is 19.1 Å². The van der Waals surface area contributed by atoms with Crippen LogP contribution in [0.15, 0.2) is 48.5 Å². The van der Waals surface area contributed by atoms with Gasteiger partial charge in [-0.05, 0) is 17.7 Å². The summed E-state index contributed by atoms with van der Waals surface area (Å²) in [7, 11) is 1.77. The number of pyridine rings is 1. The number of ether oxygens (including phenoxy) is 2. The number of aliphatic carboxylic acids is 1. The summed E-state index contributed by atoms with van der Waals surface area (Å²) in [6.07, 6.45) is -0.388. The van der Waals surface area contributed by atoms with Crippen molar-refractivity contribution in [3.05, 3.63) is 59.8 Å². The fraction of sp³-hybridized carbons (Fsp3) is 0.316. The molecule has 8 heteroatoms. The van der Waals surface area contributed by atoms with E-state index in [1.165, 1.54) is 0 Å². The van der Waals surface area contributed by atoms with Gasteiger partial charge >= 0.3 is 12.1 Å². The number of carboxylic acid groups (broad SMARTS) is 1. The lowest BCUT2D eigenvalue weighted by atomic mass is 10.2. The summed E-state index contributed by atoms with van der Waals surface area (Å²) in [4.78, 5) is 27.4. The van der Waals surface area contributed by atoms with Crippen LogP contribution in [-0.2, 0) is 27.3 Å². The molecule has 1 atom stereocenters. The van der Waals surface area contributed by atoms with Crippen LogP contribution in [-0.4, -0.2) is 48.5 Å². The van der Waals surface area contributed by atoms with Gasteiger partial charge in [-0.25, -0.2) is 14.6 Å². The molecule has 1 aromatic heterocycles. The van der Waals surface area contributed by atoms with Gasteiger partial charge in [0.1, 0.15) is 5.82 Å². The first-order valence-electron chi connectivity index (χ1n) is 8.50. The highest BCUT2D eigenvalue weighted by Gasteiger charge is 2.21. The van der Waals surface area contributed by atoms with Gasteiger partial charge in [0, 0.05) is 19.2 Å². The first-order chi connectivity index (χ1) is 13.1. The molecule has 144 valence electrons. The second-order valence-electron chi connectivity index (χ2n) is 5.69. The summed E-state index contributed by atoms with van der Waals surface area (Å²) in [6, 6.07) is 13.7. The number of amides is 1. The smallest absolute Gasteiger partial charge is 0.407 e. The predicted molar refractivity (Wildman–Crippen MR) is 99.5 cm³/mol. The molecule has 0 aliphatic heterocycles. The van der Waals surface area contributed by atoms with Gasteiger partial charge in [-0.1, -0.05) is 36.4 Å². The van der Waals surface area contributed by atoms with Crippen molar-refractivity contribution in [2.24, 2.45) is 0 Å². The molecule has 0 aliphatic rings. The Morgan fingerprint density at radius 2 is 1.93 bits per heavy atom. The minimum atomic E-state index is -1.19. The number of hydrogen-bond acceptors (Lipinski definition) is 6. The summed E-state index contributed by atoms with van der Waals surface area (Å²) in [5.41, 5.74) is 1.68. The lowest BCUT2D eigenvalue weighted by Crippen LogP contribution is -2.44. The highest BCUT2D eigenvalue weighted by molar-refractivity contribution is 5.80. The third kappa shape index (κ3) is 7.33. The number of nitrogens with zero attached hydrogens (tertiary/aromatic N) is 1. The second kappa shape index (κ2) is 10.8. The monoisotopic (exact) mass is 373 g/mol. The molecule has 8 nitrogen and oxygen atoms in total. The summed E-state index contributed by atoms with van der Waals surface area (Å²) in [5, 5.41) is 14.4. The SMILES string of the molecule is CNc1cccc(CCOC(=O)NC(COCc2ccccc2)C(=O)O)n1. The fourth-order valence-electron chi connectivity index (χ4n) is 2.23. The van der Waals surface area contributed by atoms with Gasteiger partial charge in [-0.15, -0.1) is 0 Å². The highest BCUT2D eigenvalue weighted by Crippen LogP contribution is 2.05. The number of alkyl carbamates (subject to hydrolysis) is 1. The first-order valence-corrected chi connectivity index (χ1v) is 8.50. The van der Waals surface area contributed by atoms with Crippen LogP contribution in [0.25, 0.3) is 0 Å². The van der Waals surface area contributed by atoms with Gasteiger partial charge in [0.25, 0.3) is 0 Å². The minimum Gasteiger partial charge on any atom is -0.480 e. The summed E-state index contributed by atoms with van der Waals surface area (Å²) in [6.45, 7) is 0.184. The second-order valence-corrected chi connectivity index (χ2v) is 5.69. The van der Waals surface area contributed by atoms with E-state index < -0.39 is 18.1 Å². The topological polar surface area (TPSA) is 110 Å². The lowest BCUT2D eigenvalue weighted by molar-refractivity contribution is -0.141. The molecule has 2 rings (SSSR count). The van der Waals surface area contributed by atoms with Gasteiger partial charge in [0.2, 0.25) is 0 Å². The van der Waals surface area contributed by atoms with E-state index in [0.29, 0.717) is 6.42 Å². The summed E-state index contributed by atoms with van der Waals surface area (Å²) in [5.74, 6) is -0.471. The third-order valence-electron chi connectivity index (χ3n) is 3.64. The number of anilines is 1. The Bertz CT molecular complexity index is 739. The quantitative estimate of drug-likeness (QED) is 0.585. The molecular formula is C19H23N3O5. The zero-order valence-electron chi connectivity index (χ0n) is 15.1. The first kappa shape index (κ1) is 20.2. The number of rotatable bonds is 10. The molecule has 1 heterocycles. The molecule has 27 heavy (non-hydrogen) atoms. The van der Waals surface area contributed by atoms with Crippen LogP contribution in [0.2, 0.25) is 0 Å². The summed E-state index contributed by atoms with van der Waals surface area (Å²) >= 11 is 0. The lowest BCUT2D eigenvalue weighted by Gasteiger charge is -2.15. The zero-order chi connectivity index (χ0) is 19.5. The van der Waals surface area contributed by atoms with Gasteiger partial charge in [0.05, 0.1) is 19.8 Å². The number of carbonyl (C=O) groups excluding carboxylic acids is 1. The van der Waals surface area contributed by atoms with Crippen LogP contribution >= 0.6 is 0 Å². The maximum atomic E-state index is 11.8. The van der Waals surface area contributed by atoms with Crippen molar-refractivity contribution >= 4 is 17.9 Å². The summed E-state index contributed by atoms with van der Waals surface area (Å²) < 4.78 is 10.4. The Morgan fingerprint density at radius 3 is 2.63 bits per heavy atom. The van der Waals surface area contributed by atoms with Crippen LogP contribution in [0.4, 0.5) is 10.6 Å². The number of nitrogens with one attached hydrogen (secondary N) is 2. The van der Waals surface area contributed by atoms with E-state index in [2.05, 4.69) is 15.6 Å². The predicted octanol–water partition coefficient (Wildman–Crippen LogP) is 2.06. The number of aromatic nitrogens is 1. The zero-order valence-corrected chi connectivity index (χ0v) is 15.1. The van der Waals surface area contributed by atoms with Crippen molar-refractivity contribution < 1.29 is 24.2 Å². The maximum absolute atomic E-state index is 11.8. The molecule has 0 radical (unpaired) electrons. The Hall–Kier alpha value is -3.13. The van der Waals surface area contributed by atoms with E-state index in [4.69, 9.17) is 9.47 Å². The van der Waals surface area contributed by atoms with Gasteiger partial charge < -0.3 is 25.2 Å². The average molecular weight is 373 g/mol. The molecule has 0 aliphatic carbocycles. The largest absolute Gasteiger partial charge is 0.480 e. The van der Waals surface area contributed by atoms with Crippen molar-refractivity contribution in [3.8, 4) is 0 Å². The van der Waals surface area contributed by atoms with Crippen LogP contribution in [0.1, 0.15) is 11.3 Å². The molecule has 1 amide bonds. The molecule has 0 spiro atoms. The molecule has 2 aromatic rings. The van der Waals surface area contributed by atoms with E-state index in [9.17, 15) is 14.7 Å². The van der Waals surface area contributed by atoms with E-state index in [1.807, 2.05) is 48.5 Å². The van der Waals surface area contributed by atoms with Crippen LogP contribution in [0.3, 0.4) is 0 Å². The average Bonchev–Trinajstić information content (AvgIpc) is 2.68. The van der Waals surface area contributed by atoms with Crippen molar-refractivity contribution in [2.75, 3.05) is 25.6 Å². The molecule has 0 saturated heterocycles. The van der Waals surface area contributed by atoms with E-state index in [0.717, 1.165) is 17.1 Å². The van der Waals surface area contributed by atoms with Crippen LogP contribution in [0.5, 0.6) is 0 Å². The fourth-order valence-corrected chi connectivity index (χ4v) is 2.23. The Balaban J connectivity index is 1.72.